The molecule has 0 fully saturated rings. The van der Waals surface area contributed by atoms with Crippen molar-refractivity contribution in [1.82, 2.24) is 5.32 Å². The van der Waals surface area contributed by atoms with E-state index < -0.39 is 0 Å². The number of ether oxygens (including phenoxy) is 2. The maximum absolute atomic E-state index is 6.05. The Labute approximate surface area is 106 Å². The Hall–Kier alpha value is -1.42. The van der Waals surface area contributed by atoms with Crippen LogP contribution < -0.4 is 14.8 Å². The van der Waals surface area contributed by atoms with E-state index in [1.807, 2.05) is 6.07 Å². The number of nitrogens with one attached hydrogen (secondary N) is 1. The van der Waals surface area contributed by atoms with E-state index in [0.717, 1.165) is 17.9 Å². The quantitative estimate of drug-likeness (QED) is 0.898. The molecule has 0 saturated heterocycles. The maximum atomic E-state index is 6.05. The average Bonchev–Trinajstić information content (AvgIpc) is 2.74. The molecule has 1 aliphatic heterocycles. The second-order valence-electron chi connectivity index (χ2n) is 3.92. The van der Waals surface area contributed by atoms with Crippen molar-refractivity contribution in [3.05, 3.63) is 22.7 Å². The molecular formula is C12H15ClN2O2. The number of benzene rings is 1. The summed E-state index contributed by atoms with van der Waals surface area (Å²) in [5.41, 5.74) is 0.834. The molecule has 1 unspecified atom stereocenters. The number of methoxy groups -OCH3 is 2. The lowest BCUT2D eigenvalue weighted by atomic mass is 10.1. The van der Waals surface area contributed by atoms with Crippen molar-refractivity contribution >= 4 is 17.4 Å². The topological polar surface area (TPSA) is 42.8 Å². The van der Waals surface area contributed by atoms with Gasteiger partial charge in [-0.2, -0.15) is 0 Å². The molecule has 1 aromatic rings. The van der Waals surface area contributed by atoms with Gasteiger partial charge >= 0.3 is 0 Å². The van der Waals surface area contributed by atoms with E-state index in [4.69, 9.17) is 21.1 Å². The molecule has 0 aliphatic carbocycles. The standard InChI is InChI=1S/C12H15ClN2O2/c1-7-6-14-12(15-7)9-4-8(13)5-10(16-2)11(9)17-3/h4-5,7H,6H2,1-3H3,(H,14,15). The lowest BCUT2D eigenvalue weighted by Crippen LogP contribution is -2.28. The molecule has 4 nitrogen and oxygen atoms in total. The zero-order chi connectivity index (χ0) is 12.4. The van der Waals surface area contributed by atoms with Crippen LogP contribution in [0.15, 0.2) is 17.1 Å². The molecule has 1 heterocycles. The summed E-state index contributed by atoms with van der Waals surface area (Å²) in [6, 6.07) is 3.88. The summed E-state index contributed by atoms with van der Waals surface area (Å²) in [6.45, 7) is 2.83. The number of nitrogens with zero attached hydrogens (tertiary/aromatic N) is 1. The fraction of sp³-hybridized carbons (Fsp3) is 0.417. The molecule has 0 amide bonds. The first-order chi connectivity index (χ1) is 8.15. The van der Waals surface area contributed by atoms with Crippen LogP contribution in [0.2, 0.25) is 5.02 Å². The van der Waals surface area contributed by atoms with Gasteiger partial charge in [0, 0.05) is 17.1 Å². The zero-order valence-electron chi connectivity index (χ0n) is 10.1. The Morgan fingerprint density at radius 2 is 2.12 bits per heavy atom. The lowest BCUT2D eigenvalue weighted by Gasteiger charge is -2.14. The second-order valence-corrected chi connectivity index (χ2v) is 4.36. The minimum absolute atomic E-state index is 0.333. The molecule has 2 rings (SSSR count). The molecule has 1 aromatic carbocycles. The summed E-state index contributed by atoms with van der Waals surface area (Å²) in [5, 5.41) is 3.88. The summed E-state index contributed by atoms with van der Waals surface area (Å²) < 4.78 is 10.6. The monoisotopic (exact) mass is 254 g/mol. The summed E-state index contributed by atoms with van der Waals surface area (Å²) >= 11 is 6.05. The Balaban J connectivity index is 2.48. The van der Waals surface area contributed by atoms with E-state index in [-0.39, 0.29) is 0 Å². The van der Waals surface area contributed by atoms with Gasteiger partial charge < -0.3 is 14.8 Å². The first-order valence-electron chi connectivity index (χ1n) is 5.38. The first-order valence-corrected chi connectivity index (χ1v) is 5.76. The Bertz CT molecular complexity index is 460. The van der Waals surface area contributed by atoms with Gasteiger partial charge in [-0.3, -0.25) is 4.99 Å². The van der Waals surface area contributed by atoms with Crippen molar-refractivity contribution in [2.45, 2.75) is 13.0 Å². The molecule has 0 saturated carbocycles. The van der Waals surface area contributed by atoms with Crippen LogP contribution >= 0.6 is 11.6 Å². The minimum atomic E-state index is 0.333. The van der Waals surface area contributed by atoms with Crippen molar-refractivity contribution in [2.75, 3.05) is 20.8 Å². The molecule has 0 bridgehead atoms. The largest absolute Gasteiger partial charge is 0.493 e. The van der Waals surface area contributed by atoms with Crippen molar-refractivity contribution in [1.29, 1.82) is 0 Å². The van der Waals surface area contributed by atoms with Gasteiger partial charge in [0.05, 0.1) is 26.3 Å². The average molecular weight is 255 g/mol. The Morgan fingerprint density at radius 3 is 2.65 bits per heavy atom. The van der Waals surface area contributed by atoms with Crippen LogP contribution in [-0.2, 0) is 0 Å². The van der Waals surface area contributed by atoms with Crippen LogP contribution in [0.1, 0.15) is 12.5 Å². The number of rotatable bonds is 3. The highest BCUT2D eigenvalue weighted by Crippen LogP contribution is 2.35. The predicted octanol–water partition coefficient (Wildman–Crippen LogP) is 2.10. The van der Waals surface area contributed by atoms with Gasteiger partial charge in [-0.25, -0.2) is 0 Å². The van der Waals surface area contributed by atoms with E-state index in [1.165, 1.54) is 0 Å². The van der Waals surface area contributed by atoms with Gasteiger partial charge in [0.1, 0.15) is 5.84 Å². The van der Waals surface area contributed by atoms with E-state index in [9.17, 15) is 0 Å². The van der Waals surface area contributed by atoms with Gasteiger partial charge in [-0.05, 0) is 13.0 Å². The molecule has 0 spiro atoms. The van der Waals surface area contributed by atoms with Crippen LogP contribution in [0, 0.1) is 0 Å². The fourth-order valence-electron chi connectivity index (χ4n) is 1.82. The highest BCUT2D eigenvalue weighted by atomic mass is 35.5. The highest BCUT2D eigenvalue weighted by molar-refractivity contribution is 6.31. The van der Waals surface area contributed by atoms with E-state index in [2.05, 4.69) is 17.2 Å². The molecule has 1 N–H and O–H groups in total. The molecule has 1 aliphatic rings. The number of halogens is 1. The van der Waals surface area contributed by atoms with Crippen molar-refractivity contribution in [2.24, 2.45) is 4.99 Å². The summed E-state index contributed by atoms with van der Waals surface area (Å²) in [6.07, 6.45) is 0. The van der Waals surface area contributed by atoms with E-state index in [0.29, 0.717) is 22.6 Å². The molecule has 5 heteroatoms. The second kappa shape index (κ2) is 4.84. The van der Waals surface area contributed by atoms with Crippen molar-refractivity contribution in [3.8, 4) is 11.5 Å². The van der Waals surface area contributed by atoms with Gasteiger partial charge in [0.15, 0.2) is 11.5 Å². The zero-order valence-corrected chi connectivity index (χ0v) is 10.8. The maximum Gasteiger partial charge on any atom is 0.171 e. The van der Waals surface area contributed by atoms with Gasteiger partial charge in [0.25, 0.3) is 0 Å². The minimum Gasteiger partial charge on any atom is -0.493 e. The summed E-state index contributed by atoms with van der Waals surface area (Å²) in [5.74, 6) is 2.06. The van der Waals surface area contributed by atoms with Crippen LogP contribution in [0.4, 0.5) is 0 Å². The number of aliphatic imine (C=N–C) groups is 1. The van der Waals surface area contributed by atoms with Gasteiger partial charge in [-0.15, -0.1) is 0 Å². The molecule has 1 atom stereocenters. The predicted molar refractivity (Wildman–Crippen MR) is 68.6 cm³/mol. The van der Waals surface area contributed by atoms with Crippen LogP contribution in [0.25, 0.3) is 0 Å². The third-order valence-electron chi connectivity index (χ3n) is 2.61. The number of amidine groups is 1. The molecular weight excluding hydrogens is 240 g/mol. The van der Waals surface area contributed by atoms with E-state index in [1.54, 1.807) is 20.3 Å². The molecule has 92 valence electrons. The highest BCUT2D eigenvalue weighted by Gasteiger charge is 2.21. The number of hydrogen-bond donors (Lipinski definition) is 1. The van der Waals surface area contributed by atoms with Crippen molar-refractivity contribution in [3.63, 3.8) is 0 Å². The smallest absolute Gasteiger partial charge is 0.171 e. The normalized spacial score (nSPS) is 18.6. The summed E-state index contributed by atoms with van der Waals surface area (Å²) in [7, 11) is 3.19. The third-order valence-corrected chi connectivity index (χ3v) is 2.82. The summed E-state index contributed by atoms with van der Waals surface area (Å²) in [4.78, 5) is 4.42. The van der Waals surface area contributed by atoms with Crippen molar-refractivity contribution < 1.29 is 9.47 Å². The molecule has 0 radical (unpaired) electrons. The van der Waals surface area contributed by atoms with Crippen LogP contribution in [0.5, 0.6) is 11.5 Å². The fourth-order valence-corrected chi connectivity index (χ4v) is 2.03. The Morgan fingerprint density at radius 1 is 1.35 bits per heavy atom. The SMILES string of the molecule is COc1cc(Cl)cc(C2=NCC(C)N2)c1OC. The number of hydrogen-bond acceptors (Lipinski definition) is 4. The lowest BCUT2D eigenvalue weighted by molar-refractivity contribution is 0.354. The van der Waals surface area contributed by atoms with Gasteiger partial charge in [-0.1, -0.05) is 11.6 Å². The third kappa shape index (κ3) is 2.31. The molecule has 0 aromatic heterocycles. The van der Waals surface area contributed by atoms with Crippen LogP contribution in [-0.4, -0.2) is 32.6 Å². The molecule has 17 heavy (non-hydrogen) atoms. The Kier molecular flexibility index (Phi) is 3.43. The van der Waals surface area contributed by atoms with Gasteiger partial charge in [0.2, 0.25) is 0 Å². The van der Waals surface area contributed by atoms with E-state index >= 15 is 0 Å². The first kappa shape index (κ1) is 12.0. The van der Waals surface area contributed by atoms with Crippen LogP contribution in [0.3, 0.4) is 0 Å².